The molecule has 2 aromatic heterocycles. The van der Waals surface area contributed by atoms with E-state index < -0.39 is 0 Å². The van der Waals surface area contributed by atoms with Crippen molar-refractivity contribution < 1.29 is 0 Å². The quantitative estimate of drug-likeness (QED) is 0.422. The molecule has 0 unspecified atom stereocenters. The van der Waals surface area contributed by atoms with Crippen molar-refractivity contribution in [3.05, 3.63) is 47.1 Å². The Labute approximate surface area is 171 Å². The molecule has 0 saturated carbocycles. The predicted molar refractivity (Wildman–Crippen MR) is 117 cm³/mol. The molecule has 1 aliphatic rings. The zero-order chi connectivity index (χ0) is 16.8. The summed E-state index contributed by atoms with van der Waals surface area (Å²) in [5.41, 5.74) is 2.06. The number of pyridine rings is 1. The molecule has 7 heteroatoms. The highest BCUT2D eigenvalue weighted by Gasteiger charge is 2.20. The molecule has 2 aromatic rings. The van der Waals surface area contributed by atoms with Crippen LogP contribution in [-0.4, -0.2) is 48.6 Å². The van der Waals surface area contributed by atoms with Gasteiger partial charge in [0, 0.05) is 38.4 Å². The number of hydrogen-bond acceptors (Lipinski definition) is 4. The van der Waals surface area contributed by atoms with Crippen LogP contribution in [0.15, 0.2) is 40.7 Å². The highest BCUT2D eigenvalue weighted by molar-refractivity contribution is 14.0. The molecule has 5 nitrogen and oxygen atoms in total. The first kappa shape index (κ1) is 20.0. The van der Waals surface area contributed by atoms with Crippen LogP contribution in [0.5, 0.6) is 0 Å². The molecule has 1 saturated heterocycles. The molecule has 0 aromatic carbocycles. The zero-order valence-corrected chi connectivity index (χ0v) is 18.0. The Balaban J connectivity index is 0.00000225. The van der Waals surface area contributed by atoms with Crippen LogP contribution in [0, 0.1) is 6.92 Å². The monoisotopic (exact) mass is 471 g/mol. The second kappa shape index (κ2) is 9.96. The Morgan fingerprint density at radius 1 is 1.20 bits per heavy atom. The zero-order valence-electron chi connectivity index (χ0n) is 14.8. The second-order valence-electron chi connectivity index (χ2n) is 5.87. The van der Waals surface area contributed by atoms with Crippen molar-refractivity contribution in [1.29, 1.82) is 0 Å². The van der Waals surface area contributed by atoms with Crippen LogP contribution in [0.2, 0.25) is 0 Å². The molecule has 0 atom stereocenters. The molecule has 0 spiro atoms. The third-order valence-corrected chi connectivity index (χ3v) is 5.00. The summed E-state index contributed by atoms with van der Waals surface area (Å²) < 4.78 is 0. The summed E-state index contributed by atoms with van der Waals surface area (Å²) in [5, 5.41) is 6.92. The van der Waals surface area contributed by atoms with Crippen LogP contribution >= 0.6 is 35.3 Å². The Morgan fingerprint density at radius 3 is 2.64 bits per heavy atom. The minimum absolute atomic E-state index is 0. The summed E-state index contributed by atoms with van der Waals surface area (Å²) >= 11 is 1.81. The number of anilines is 1. The van der Waals surface area contributed by atoms with E-state index in [0.717, 1.165) is 50.1 Å². The number of aryl methyl sites for hydroxylation is 1. The van der Waals surface area contributed by atoms with E-state index in [9.17, 15) is 0 Å². The van der Waals surface area contributed by atoms with Crippen molar-refractivity contribution in [2.75, 3.05) is 37.6 Å². The third-order valence-electron chi connectivity index (χ3n) is 4.07. The number of halogens is 1. The molecular weight excluding hydrogens is 445 g/mol. The van der Waals surface area contributed by atoms with E-state index in [4.69, 9.17) is 4.99 Å². The van der Waals surface area contributed by atoms with Gasteiger partial charge in [0.05, 0.1) is 17.2 Å². The standard InChI is InChI=1S/C18H25N5S.HI/c1-3-19-18(20-14-16-7-4-6-15(2)21-16)23-11-9-22(10-12-23)17-8-5-13-24-17;/h4-8,13H,3,9-12,14H2,1-2H3,(H,19,20);1H. The van der Waals surface area contributed by atoms with Crippen LogP contribution in [0.25, 0.3) is 0 Å². The predicted octanol–water partition coefficient (Wildman–Crippen LogP) is 3.36. The van der Waals surface area contributed by atoms with Gasteiger partial charge in [0.25, 0.3) is 0 Å². The molecule has 0 bridgehead atoms. The minimum atomic E-state index is 0. The van der Waals surface area contributed by atoms with Gasteiger partial charge < -0.3 is 15.1 Å². The van der Waals surface area contributed by atoms with Gasteiger partial charge in [-0.05, 0) is 43.5 Å². The lowest BCUT2D eigenvalue weighted by Crippen LogP contribution is -2.52. The number of thiophene rings is 1. The second-order valence-corrected chi connectivity index (χ2v) is 6.79. The number of hydrogen-bond donors (Lipinski definition) is 1. The molecule has 1 aliphatic heterocycles. The fourth-order valence-corrected chi connectivity index (χ4v) is 3.64. The van der Waals surface area contributed by atoms with Gasteiger partial charge in [-0.25, -0.2) is 4.99 Å². The van der Waals surface area contributed by atoms with Gasteiger partial charge in [0.15, 0.2) is 5.96 Å². The number of aliphatic imine (C=N–C) groups is 1. The van der Waals surface area contributed by atoms with E-state index in [1.807, 2.05) is 36.5 Å². The van der Waals surface area contributed by atoms with Gasteiger partial charge in [0.2, 0.25) is 0 Å². The third kappa shape index (κ3) is 5.57. The van der Waals surface area contributed by atoms with Gasteiger partial charge in [0.1, 0.15) is 0 Å². The number of piperazine rings is 1. The average Bonchev–Trinajstić information content (AvgIpc) is 3.13. The van der Waals surface area contributed by atoms with Crippen LogP contribution in [0.3, 0.4) is 0 Å². The molecule has 0 amide bonds. The molecule has 1 N–H and O–H groups in total. The van der Waals surface area contributed by atoms with Crippen molar-refractivity contribution in [3.8, 4) is 0 Å². The molecule has 25 heavy (non-hydrogen) atoms. The molecule has 3 rings (SSSR count). The molecule has 1 fully saturated rings. The Morgan fingerprint density at radius 2 is 2.00 bits per heavy atom. The summed E-state index contributed by atoms with van der Waals surface area (Å²) in [6.07, 6.45) is 0. The topological polar surface area (TPSA) is 43.8 Å². The highest BCUT2D eigenvalue weighted by atomic mass is 127. The summed E-state index contributed by atoms with van der Waals surface area (Å²) in [6.45, 7) is 9.68. The van der Waals surface area contributed by atoms with Crippen LogP contribution in [0.1, 0.15) is 18.3 Å². The molecular formula is C18H26IN5S. The maximum Gasteiger partial charge on any atom is 0.194 e. The van der Waals surface area contributed by atoms with Crippen LogP contribution in [-0.2, 0) is 6.54 Å². The van der Waals surface area contributed by atoms with E-state index in [0.29, 0.717) is 6.54 Å². The summed E-state index contributed by atoms with van der Waals surface area (Å²) in [4.78, 5) is 14.1. The lowest BCUT2D eigenvalue weighted by molar-refractivity contribution is 0.373. The maximum absolute atomic E-state index is 4.79. The highest BCUT2D eigenvalue weighted by Crippen LogP contribution is 2.22. The van der Waals surface area contributed by atoms with Crippen LogP contribution < -0.4 is 10.2 Å². The summed E-state index contributed by atoms with van der Waals surface area (Å²) in [5.74, 6) is 0.992. The number of aromatic nitrogens is 1. The fourth-order valence-electron chi connectivity index (χ4n) is 2.86. The van der Waals surface area contributed by atoms with Gasteiger partial charge in [-0.1, -0.05) is 6.07 Å². The van der Waals surface area contributed by atoms with Crippen LogP contribution in [0.4, 0.5) is 5.00 Å². The Hall–Kier alpha value is -1.35. The molecule has 0 radical (unpaired) electrons. The van der Waals surface area contributed by atoms with Crippen molar-refractivity contribution in [1.82, 2.24) is 15.2 Å². The SMILES string of the molecule is CCNC(=NCc1cccc(C)n1)N1CCN(c2cccs2)CC1.I. The summed E-state index contributed by atoms with van der Waals surface area (Å²) in [7, 11) is 0. The lowest BCUT2D eigenvalue weighted by Gasteiger charge is -2.37. The van der Waals surface area contributed by atoms with Gasteiger partial charge >= 0.3 is 0 Å². The van der Waals surface area contributed by atoms with Crippen molar-refractivity contribution in [3.63, 3.8) is 0 Å². The van der Waals surface area contributed by atoms with E-state index >= 15 is 0 Å². The number of nitrogens with zero attached hydrogens (tertiary/aromatic N) is 4. The fraction of sp³-hybridized carbons (Fsp3) is 0.444. The average molecular weight is 471 g/mol. The first-order chi connectivity index (χ1) is 11.8. The maximum atomic E-state index is 4.79. The number of guanidine groups is 1. The van der Waals surface area contributed by atoms with Gasteiger partial charge in [-0.15, -0.1) is 35.3 Å². The van der Waals surface area contributed by atoms with E-state index in [1.54, 1.807) is 0 Å². The molecule has 3 heterocycles. The number of rotatable bonds is 4. The van der Waals surface area contributed by atoms with E-state index in [-0.39, 0.29) is 24.0 Å². The Bertz CT molecular complexity index is 666. The molecule has 0 aliphatic carbocycles. The molecule has 136 valence electrons. The van der Waals surface area contributed by atoms with E-state index in [1.165, 1.54) is 5.00 Å². The van der Waals surface area contributed by atoms with Crippen molar-refractivity contribution in [2.45, 2.75) is 20.4 Å². The van der Waals surface area contributed by atoms with E-state index in [2.05, 4.69) is 44.5 Å². The lowest BCUT2D eigenvalue weighted by atomic mass is 10.3. The van der Waals surface area contributed by atoms with Gasteiger partial charge in [-0.3, -0.25) is 4.98 Å². The van der Waals surface area contributed by atoms with Gasteiger partial charge in [-0.2, -0.15) is 0 Å². The normalized spacial score (nSPS) is 15.0. The summed E-state index contributed by atoms with van der Waals surface area (Å²) in [6, 6.07) is 10.4. The van der Waals surface area contributed by atoms with Crippen molar-refractivity contribution in [2.24, 2.45) is 4.99 Å². The largest absolute Gasteiger partial charge is 0.360 e. The first-order valence-electron chi connectivity index (χ1n) is 8.50. The first-order valence-corrected chi connectivity index (χ1v) is 9.38. The smallest absolute Gasteiger partial charge is 0.194 e. The number of nitrogens with one attached hydrogen (secondary N) is 1. The Kier molecular flexibility index (Phi) is 7.95. The van der Waals surface area contributed by atoms with Crippen molar-refractivity contribution >= 4 is 46.3 Å². The minimum Gasteiger partial charge on any atom is -0.360 e.